The van der Waals surface area contributed by atoms with Crippen molar-refractivity contribution in [3.05, 3.63) is 112 Å². The average Bonchev–Trinajstić information content (AvgIpc) is 3.26. The van der Waals surface area contributed by atoms with Crippen LogP contribution in [0.3, 0.4) is 0 Å². The van der Waals surface area contributed by atoms with Crippen LogP contribution in [0.4, 0.5) is 0 Å². The second-order valence-corrected chi connectivity index (χ2v) is 8.79. The Morgan fingerprint density at radius 2 is 1.67 bits per heavy atom. The van der Waals surface area contributed by atoms with Gasteiger partial charge in [-0.2, -0.15) is 0 Å². The Morgan fingerprint density at radius 1 is 0.944 bits per heavy atom. The number of aromatic nitrogens is 2. The van der Waals surface area contributed by atoms with Gasteiger partial charge >= 0.3 is 5.97 Å². The lowest BCUT2D eigenvalue weighted by Crippen LogP contribution is -2.40. The highest BCUT2D eigenvalue weighted by molar-refractivity contribution is 6.30. The summed E-state index contributed by atoms with van der Waals surface area (Å²) in [5.41, 5.74) is 2.91. The third-order valence-corrected chi connectivity index (χ3v) is 5.94. The van der Waals surface area contributed by atoms with Crippen molar-refractivity contribution in [2.45, 2.75) is 25.0 Å². The predicted octanol–water partition coefficient (Wildman–Crippen LogP) is 3.66. The van der Waals surface area contributed by atoms with Crippen LogP contribution >= 0.6 is 11.6 Å². The summed E-state index contributed by atoms with van der Waals surface area (Å²) in [5.74, 6) is -1.96. The van der Waals surface area contributed by atoms with E-state index < -0.39 is 29.6 Å². The van der Waals surface area contributed by atoms with Crippen molar-refractivity contribution < 1.29 is 19.8 Å². The molecule has 9 heteroatoms. The molecule has 1 aromatic heterocycles. The second kappa shape index (κ2) is 11.1. The smallest absolute Gasteiger partial charge is 0.332 e. The predicted molar refractivity (Wildman–Crippen MR) is 136 cm³/mol. The van der Waals surface area contributed by atoms with Crippen LogP contribution in [0, 0.1) is 0 Å². The number of halogens is 1. The number of aliphatic hydroxyl groups excluding tert-OH is 1. The molecular weight excluding hydrogens is 482 g/mol. The average molecular weight is 506 g/mol. The minimum atomic E-state index is -1.66. The maximum atomic E-state index is 12.9. The number of nitrogens with zero attached hydrogens (tertiary/aromatic N) is 1. The molecule has 1 amide bonds. The first kappa shape index (κ1) is 25.0. The van der Waals surface area contributed by atoms with E-state index in [0.717, 1.165) is 16.7 Å². The SMILES string of the molecule is O=C(NC(Cc1ccc(-c2cccc(Cl)c2)cc1)CC(O)C(=O)O)c1cc(=O)n(-c2ccccc2)[nH]1. The topological polar surface area (TPSA) is 124 Å². The number of hydrogen-bond acceptors (Lipinski definition) is 4. The van der Waals surface area contributed by atoms with Gasteiger partial charge in [-0.15, -0.1) is 0 Å². The van der Waals surface area contributed by atoms with Crippen molar-refractivity contribution in [3.8, 4) is 16.8 Å². The largest absolute Gasteiger partial charge is 0.479 e. The van der Waals surface area contributed by atoms with Gasteiger partial charge in [0.2, 0.25) is 0 Å². The molecule has 4 N–H and O–H groups in total. The van der Waals surface area contributed by atoms with Crippen molar-refractivity contribution in [3.63, 3.8) is 0 Å². The van der Waals surface area contributed by atoms with Gasteiger partial charge < -0.3 is 15.5 Å². The van der Waals surface area contributed by atoms with E-state index in [0.29, 0.717) is 10.7 Å². The first-order chi connectivity index (χ1) is 17.3. The standard InChI is InChI=1S/C27H24ClN3O5/c28-20-6-4-5-19(14-20)18-11-9-17(10-12-18)13-21(15-24(32)27(35)36)29-26(34)23-16-25(33)31(30-23)22-7-2-1-3-8-22/h1-12,14,16,21,24,30,32H,13,15H2,(H,29,34)(H,35,36). The van der Waals surface area contributed by atoms with E-state index in [1.54, 1.807) is 30.3 Å². The van der Waals surface area contributed by atoms with E-state index in [1.165, 1.54) is 10.7 Å². The van der Waals surface area contributed by atoms with E-state index in [-0.39, 0.29) is 18.5 Å². The van der Waals surface area contributed by atoms with Gasteiger partial charge in [-0.25, -0.2) is 9.48 Å². The number of aliphatic hydroxyl groups is 1. The number of carbonyl (C=O) groups is 2. The van der Waals surface area contributed by atoms with E-state index in [9.17, 15) is 24.6 Å². The Balaban J connectivity index is 1.52. The second-order valence-electron chi connectivity index (χ2n) is 8.35. The highest BCUT2D eigenvalue weighted by Gasteiger charge is 2.23. The lowest BCUT2D eigenvalue weighted by molar-refractivity contribution is -0.147. The lowest BCUT2D eigenvalue weighted by Gasteiger charge is -2.20. The summed E-state index contributed by atoms with van der Waals surface area (Å²) in [6.07, 6.45) is -1.59. The summed E-state index contributed by atoms with van der Waals surface area (Å²) in [4.78, 5) is 36.6. The number of benzene rings is 3. The molecule has 0 saturated carbocycles. The maximum Gasteiger partial charge on any atom is 0.332 e. The molecule has 4 aromatic rings. The molecule has 4 rings (SSSR count). The molecule has 0 spiro atoms. The molecule has 0 aliphatic heterocycles. The molecule has 0 aliphatic rings. The summed E-state index contributed by atoms with van der Waals surface area (Å²) in [5, 5.41) is 25.3. The molecule has 0 fully saturated rings. The Kier molecular flexibility index (Phi) is 7.68. The number of carbonyl (C=O) groups excluding carboxylic acids is 1. The molecule has 2 unspecified atom stereocenters. The monoisotopic (exact) mass is 505 g/mol. The fraction of sp³-hybridized carbons (Fsp3) is 0.148. The molecule has 0 saturated heterocycles. The van der Waals surface area contributed by atoms with Crippen molar-refractivity contribution in [1.29, 1.82) is 0 Å². The van der Waals surface area contributed by atoms with Crippen LogP contribution < -0.4 is 10.9 Å². The normalized spacial score (nSPS) is 12.6. The van der Waals surface area contributed by atoms with Crippen molar-refractivity contribution in [2.24, 2.45) is 0 Å². The third kappa shape index (κ3) is 6.10. The molecule has 184 valence electrons. The molecule has 36 heavy (non-hydrogen) atoms. The number of aliphatic carboxylic acids is 1. The van der Waals surface area contributed by atoms with Crippen molar-refractivity contribution in [2.75, 3.05) is 0 Å². The van der Waals surface area contributed by atoms with Gasteiger partial charge in [0, 0.05) is 23.6 Å². The quantitative estimate of drug-likeness (QED) is 0.276. The number of aromatic amines is 1. The number of nitrogens with one attached hydrogen (secondary N) is 2. The van der Waals surface area contributed by atoms with Crippen molar-refractivity contribution >= 4 is 23.5 Å². The zero-order chi connectivity index (χ0) is 25.7. The van der Waals surface area contributed by atoms with E-state index in [4.69, 9.17) is 11.6 Å². The van der Waals surface area contributed by atoms with Gasteiger partial charge in [0.05, 0.1) is 5.69 Å². The van der Waals surface area contributed by atoms with Gasteiger partial charge in [0.15, 0.2) is 6.10 Å². The lowest BCUT2D eigenvalue weighted by atomic mass is 9.97. The summed E-state index contributed by atoms with van der Waals surface area (Å²) in [6.45, 7) is 0. The van der Waals surface area contributed by atoms with Crippen molar-refractivity contribution in [1.82, 2.24) is 15.1 Å². The molecule has 8 nitrogen and oxygen atoms in total. The number of carboxylic acid groups (broad SMARTS) is 1. The molecule has 0 aliphatic carbocycles. The summed E-state index contributed by atoms with van der Waals surface area (Å²) < 4.78 is 1.24. The number of rotatable bonds is 9. The van der Waals surface area contributed by atoms with Gasteiger partial charge in [-0.05, 0) is 47.4 Å². The first-order valence-electron chi connectivity index (χ1n) is 11.2. The van der Waals surface area contributed by atoms with Gasteiger partial charge in [-0.1, -0.05) is 66.2 Å². The molecule has 0 bridgehead atoms. The first-order valence-corrected chi connectivity index (χ1v) is 11.6. The van der Waals surface area contributed by atoms with Gasteiger partial charge in [0.1, 0.15) is 5.69 Å². The fourth-order valence-corrected chi connectivity index (χ4v) is 4.08. The van der Waals surface area contributed by atoms with Gasteiger partial charge in [-0.3, -0.25) is 14.7 Å². The number of H-pyrrole nitrogens is 1. The highest BCUT2D eigenvalue weighted by Crippen LogP contribution is 2.23. The van der Waals surface area contributed by atoms with Crippen LogP contribution in [0.25, 0.3) is 16.8 Å². The van der Waals surface area contributed by atoms with Crippen LogP contribution in [0.5, 0.6) is 0 Å². The number of para-hydroxylation sites is 1. The minimum absolute atomic E-state index is 0.0231. The highest BCUT2D eigenvalue weighted by atomic mass is 35.5. The van der Waals surface area contributed by atoms with Crippen LogP contribution in [0.1, 0.15) is 22.5 Å². The molecule has 2 atom stereocenters. The third-order valence-electron chi connectivity index (χ3n) is 5.70. The fourth-order valence-electron chi connectivity index (χ4n) is 3.89. The minimum Gasteiger partial charge on any atom is -0.479 e. The molecule has 3 aromatic carbocycles. The molecule has 1 heterocycles. The summed E-state index contributed by atoms with van der Waals surface area (Å²) in [6, 6.07) is 24.3. The molecular formula is C27H24ClN3O5. The zero-order valence-electron chi connectivity index (χ0n) is 19.1. The number of carboxylic acids is 1. The summed E-state index contributed by atoms with van der Waals surface area (Å²) in [7, 11) is 0. The number of hydrogen-bond donors (Lipinski definition) is 4. The van der Waals surface area contributed by atoms with Crippen LogP contribution in [-0.4, -0.2) is 44.0 Å². The number of amides is 1. The Labute approximate surface area is 211 Å². The Bertz CT molecular complexity index is 1410. The summed E-state index contributed by atoms with van der Waals surface area (Å²) >= 11 is 6.08. The van der Waals surface area contributed by atoms with Crippen LogP contribution in [0.15, 0.2) is 89.7 Å². The van der Waals surface area contributed by atoms with E-state index >= 15 is 0 Å². The van der Waals surface area contributed by atoms with E-state index in [1.807, 2.05) is 48.5 Å². The Morgan fingerprint density at radius 3 is 2.33 bits per heavy atom. The zero-order valence-corrected chi connectivity index (χ0v) is 19.9. The maximum absolute atomic E-state index is 12.9. The Hall–Kier alpha value is -4.14. The molecule has 0 radical (unpaired) electrons. The van der Waals surface area contributed by atoms with Crippen LogP contribution in [-0.2, 0) is 11.2 Å². The van der Waals surface area contributed by atoms with Crippen LogP contribution in [0.2, 0.25) is 5.02 Å². The van der Waals surface area contributed by atoms with E-state index in [2.05, 4.69) is 10.4 Å². The van der Waals surface area contributed by atoms with Gasteiger partial charge in [0.25, 0.3) is 11.5 Å².